The van der Waals surface area contributed by atoms with Crippen LogP contribution in [0.5, 0.6) is 0 Å². The first kappa shape index (κ1) is 51.9. The minimum absolute atomic E-state index is 0. The van der Waals surface area contributed by atoms with Gasteiger partial charge < -0.3 is 31.6 Å². The van der Waals surface area contributed by atoms with Crippen molar-refractivity contribution in [2.45, 2.75) is 63.2 Å². The summed E-state index contributed by atoms with van der Waals surface area (Å²) in [7, 11) is 0. The topological polar surface area (TPSA) is 163 Å². The van der Waals surface area contributed by atoms with Crippen molar-refractivity contribution in [3.8, 4) is 33.4 Å². The molecule has 11 heteroatoms. The molecule has 10 nitrogen and oxygen atoms in total. The average Bonchev–Trinajstić information content (AvgIpc) is 3.98. The lowest BCUT2D eigenvalue weighted by molar-refractivity contribution is -0.191. The fourth-order valence-corrected chi connectivity index (χ4v) is 9.03. The van der Waals surface area contributed by atoms with Gasteiger partial charge in [0.2, 0.25) is 0 Å². The van der Waals surface area contributed by atoms with Gasteiger partial charge >= 0.3 is 18.3 Å². The van der Waals surface area contributed by atoms with Crippen molar-refractivity contribution in [2.24, 2.45) is 11.5 Å². The van der Waals surface area contributed by atoms with E-state index in [1.807, 2.05) is 48.5 Å². The standard InChI is InChI=1S/C36H36N2O4.C14H10.C6H16N2.CO2.BH/c39-35(41-23-33-29-17-7-3-13-25(29)26-14-4-8-18-30(26)33)37-21-11-1-2-12-22-38-36(40)42-24-34-31-19-9-5-15-27(31)28-16-6-10-20-32(28)34;1-10-11-6-2-4-8-13(11)14-9-5-3-7-12(10)14;7-5-3-1-2-4-6-8;2-1-3;/h3-10,13-20,33-34H,1-2,11-12,21-24H2,(H,37,39)(H,38,40);2-9H,1H2;1-8H2;;1H. The van der Waals surface area contributed by atoms with Crippen molar-refractivity contribution < 1.29 is 28.7 Å². The molecule has 0 aromatic heterocycles. The van der Waals surface area contributed by atoms with Crippen molar-refractivity contribution in [3.05, 3.63) is 186 Å². The van der Waals surface area contributed by atoms with E-state index in [1.165, 1.54) is 79.6 Å². The molecule has 0 fully saturated rings. The summed E-state index contributed by atoms with van der Waals surface area (Å²) in [6.07, 6.45) is 7.90. The number of ether oxygens (including phenoxy) is 2. The number of rotatable bonds is 16. The van der Waals surface area contributed by atoms with Crippen LogP contribution in [0, 0.1) is 0 Å². The lowest BCUT2D eigenvalue weighted by Gasteiger charge is -2.15. The number of amides is 2. The largest absolute Gasteiger partial charge is 0.449 e. The zero-order valence-corrected chi connectivity index (χ0v) is 38.9. The lowest BCUT2D eigenvalue weighted by Crippen LogP contribution is -2.27. The first-order valence-corrected chi connectivity index (χ1v) is 23.4. The van der Waals surface area contributed by atoms with E-state index in [1.54, 1.807) is 0 Å². The summed E-state index contributed by atoms with van der Waals surface area (Å²) in [5, 5.41) is 5.74. The van der Waals surface area contributed by atoms with Gasteiger partial charge in [0, 0.05) is 33.3 Å². The van der Waals surface area contributed by atoms with Gasteiger partial charge in [-0.2, -0.15) is 9.59 Å². The highest BCUT2D eigenvalue weighted by atomic mass is 16.6. The van der Waals surface area contributed by atoms with Crippen molar-refractivity contribution in [1.82, 2.24) is 10.6 Å². The molecule has 350 valence electrons. The molecule has 9 rings (SSSR count). The Morgan fingerprint density at radius 2 is 0.706 bits per heavy atom. The predicted molar refractivity (Wildman–Crippen MR) is 273 cm³/mol. The van der Waals surface area contributed by atoms with E-state index >= 15 is 0 Å². The second-order valence-corrected chi connectivity index (χ2v) is 16.6. The molecule has 0 unspecified atom stereocenters. The maximum Gasteiger partial charge on any atom is 0.407 e. The van der Waals surface area contributed by atoms with Gasteiger partial charge in [0.05, 0.1) is 0 Å². The highest BCUT2D eigenvalue weighted by molar-refractivity contribution is 6.00. The van der Waals surface area contributed by atoms with Crippen LogP contribution in [0.2, 0.25) is 0 Å². The molecule has 2 radical (unpaired) electrons. The van der Waals surface area contributed by atoms with Gasteiger partial charge in [-0.1, -0.05) is 178 Å². The number of benzene rings is 6. The number of hydrogen-bond donors (Lipinski definition) is 4. The third kappa shape index (κ3) is 13.5. The summed E-state index contributed by atoms with van der Waals surface area (Å²) in [5.74, 6) is 0.124. The molecular formula is C57H63BN4O6. The zero-order chi connectivity index (χ0) is 47.2. The molecule has 0 saturated heterocycles. The molecule has 3 aliphatic carbocycles. The van der Waals surface area contributed by atoms with Crippen LogP contribution in [0.4, 0.5) is 9.59 Å². The molecule has 0 aliphatic heterocycles. The number of fused-ring (bicyclic) bond motifs is 9. The maximum absolute atomic E-state index is 12.3. The van der Waals surface area contributed by atoms with E-state index in [9.17, 15) is 9.59 Å². The van der Waals surface area contributed by atoms with Gasteiger partial charge in [-0.05, 0) is 111 Å². The SMILES string of the molecule is C=C1c2ccccc2-c2ccccc21.NCCCCCCN.O=C(NCCCCCCNC(=O)OCC1c2ccccc2-c2ccccc21)OCC1c2ccccc2-c2ccccc21.O=C=O.[BH]. The van der Waals surface area contributed by atoms with Crippen molar-refractivity contribution in [3.63, 3.8) is 0 Å². The second-order valence-electron chi connectivity index (χ2n) is 16.6. The molecule has 2 amide bonds. The summed E-state index contributed by atoms with van der Waals surface area (Å²) in [4.78, 5) is 40.9. The molecule has 0 heterocycles. The molecule has 6 aromatic rings. The number of carbonyl (C=O) groups excluding carboxylic acids is 4. The van der Waals surface area contributed by atoms with Crippen molar-refractivity contribution >= 4 is 32.3 Å². The van der Waals surface area contributed by atoms with E-state index in [4.69, 9.17) is 30.5 Å². The van der Waals surface area contributed by atoms with Crippen molar-refractivity contribution in [1.29, 1.82) is 0 Å². The monoisotopic (exact) mass is 910 g/mol. The first-order chi connectivity index (χ1) is 32.9. The average molecular weight is 911 g/mol. The Bertz CT molecular complexity index is 2350. The minimum Gasteiger partial charge on any atom is -0.449 e. The molecular weight excluding hydrogens is 847 g/mol. The fraction of sp³-hybridized carbons (Fsp3) is 0.281. The van der Waals surface area contributed by atoms with Crippen LogP contribution < -0.4 is 22.1 Å². The smallest absolute Gasteiger partial charge is 0.407 e. The Morgan fingerprint density at radius 1 is 0.441 bits per heavy atom. The van der Waals surface area contributed by atoms with Gasteiger partial charge in [0.15, 0.2) is 0 Å². The molecule has 0 spiro atoms. The molecule has 6 N–H and O–H groups in total. The molecule has 3 aliphatic rings. The third-order valence-electron chi connectivity index (χ3n) is 12.3. The number of nitrogens with two attached hydrogens (primary N) is 2. The van der Waals surface area contributed by atoms with Crippen LogP contribution >= 0.6 is 0 Å². The molecule has 0 bridgehead atoms. The van der Waals surface area contributed by atoms with Gasteiger partial charge in [-0.15, -0.1) is 0 Å². The molecule has 6 aromatic carbocycles. The van der Waals surface area contributed by atoms with Crippen LogP contribution in [0.1, 0.15) is 96.6 Å². The van der Waals surface area contributed by atoms with Crippen LogP contribution in [0.25, 0.3) is 39.0 Å². The normalized spacial score (nSPS) is 11.9. The van der Waals surface area contributed by atoms with E-state index in [2.05, 4.69) is 114 Å². The summed E-state index contributed by atoms with van der Waals surface area (Å²) < 4.78 is 11.2. The Kier molecular flexibility index (Phi) is 21.1. The van der Waals surface area contributed by atoms with E-state index in [-0.39, 0.29) is 38.6 Å². The van der Waals surface area contributed by atoms with Crippen LogP contribution in [-0.2, 0) is 19.1 Å². The Labute approximate surface area is 403 Å². The van der Waals surface area contributed by atoms with E-state index in [0.717, 1.165) is 57.2 Å². The maximum atomic E-state index is 12.3. The van der Waals surface area contributed by atoms with Crippen molar-refractivity contribution in [2.75, 3.05) is 39.4 Å². The third-order valence-corrected chi connectivity index (χ3v) is 12.3. The number of carbonyl (C=O) groups is 2. The van der Waals surface area contributed by atoms with Gasteiger partial charge in [0.1, 0.15) is 13.2 Å². The van der Waals surface area contributed by atoms with Crippen LogP contribution in [0.3, 0.4) is 0 Å². The number of nitrogens with one attached hydrogen (secondary N) is 2. The fourth-order valence-electron chi connectivity index (χ4n) is 9.03. The summed E-state index contributed by atoms with van der Waals surface area (Å²) >= 11 is 0. The molecule has 68 heavy (non-hydrogen) atoms. The first-order valence-electron chi connectivity index (χ1n) is 23.4. The van der Waals surface area contributed by atoms with E-state index in [0.29, 0.717) is 26.3 Å². The van der Waals surface area contributed by atoms with Gasteiger partial charge in [0.25, 0.3) is 0 Å². The van der Waals surface area contributed by atoms with E-state index < -0.39 is 0 Å². The quantitative estimate of drug-likeness (QED) is 0.0550. The molecule has 0 atom stereocenters. The predicted octanol–water partition coefficient (Wildman–Crippen LogP) is 10.6. The van der Waals surface area contributed by atoms with Gasteiger partial charge in [-0.3, -0.25) is 0 Å². The van der Waals surface area contributed by atoms with Gasteiger partial charge in [-0.25, -0.2) is 9.59 Å². The molecule has 0 saturated carbocycles. The highest BCUT2D eigenvalue weighted by Crippen LogP contribution is 2.46. The second kappa shape index (κ2) is 27.6. The minimum atomic E-state index is -0.381. The number of unbranched alkanes of at least 4 members (excludes halogenated alkanes) is 6. The number of hydrogen-bond acceptors (Lipinski definition) is 8. The highest BCUT2D eigenvalue weighted by Gasteiger charge is 2.30. The Hall–Kier alpha value is -7.04. The lowest BCUT2D eigenvalue weighted by atomic mass is 9.98. The summed E-state index contributed by atoms with van der Waals surface area (Å²) in [6, 6.07) is 50.2. The number of alkyl carbamates (subject to hydrolysis) is 2. The van der Waals surface area contributed by atoms with Crippen LogP contribution in [0.15, 0.2) is 152 Å². The summed E-state index contributed by atoms with van der Waals surface area (Å²) in [5.41, 5.74) is 26.6. The summed E-state index contributed by atoms with van der Waals surface area (Å²) in [6.45, 7) is 7.56. The van der Waals surface area contributed by atoms with Crippen LogP contribution in [-0.4, -0.2) is 66.1 Å². The Balaban J connectivity index is 0.000000270. The zero-order valence-electron chi connectivity index (χ0n) is 38.9. The Morgan fingerprint density at radius 3 is 1.01 bits per heavy atom.